The zero-order chi connectivity index (χ0) is 8.65. The molecule has 0 N–H and O–H groups in total. The van der Waals surface area contributed by atoms with Gasteiger partial charge in [0.05, 0.1) is 3.42 Å². The predicted molar refractivity (Wildman–Crippen MR) is 53.5 cm³/mol. The first-order valence-electron chi connectivity index (χ1n) is 3.68. The van der Waals surface area contributed by atoms with E-state index in [-0.39, 0.29) is 9.34 Å². The first-order valence-corrected chi connectivity index (χ1v) is 4.76. The standard InChI is InChI=1S/C9H11IO/c1-4-6(2)7-5-8(11)9(7,3)10/h1,6-7H,5H2,2-3H3. The first kappa shape index (κ1) is 9.05. The van der Waals surface area contributed by atoms with E-state index < -0.39 is 0 Å². The van der Waals surface area contributed by atoms with Gasteiger partial charge in [0, 0.05) is 18.3 Å². The van der Waals surface area contributed by atoms with Crippen molar-refractivity contribution in [3.8, 4) is 12.3 Å². The Morgan fingerprint density at radius 3 is 2.73 bits per heavy atom. The van der Waals surface area contributed by atoms with E-state index in [1.54, 1.807) is 0 Å². The molecule has 1 nitrogen and oxygen atoms in total. The lowest BCUT2D eigenvalue weighted by Gasteiger charge is -2.42. The van der Waals surface area contributed by atoms with Crippen LogP contribution in [0, 0.1) is 24.2 Å². The second-order valence-corrected chi connectivity index (χ2v) is 5.51. The number of Topliss-reactive ketones (excluding diaryl/α,β-unsaturated/α-hetero) is 1. The second-order valence-electron chi connectivity index (χ2n) is 3.26. The number of alkyl halides is 1. The average Bonchev–Trinajstić information content (AvgIpc) is 1.98. The average molecular weight is 262 g/mol. The highest BCUT2D eigenvalue weighted by Crippen LogP contribution is 2.46. The molecule has 0 aromatic rings. The van der Waals surface area contributed by atoms with Crippen LogP contribution in [0.3, 0.4) is 0 Å². The van der Waals surface area contributed by atoms with Gasteiger partial charge >= 0.3 is 0 Å². The van der Waals surface area contributed by atoms with Gasteiger partial charge in [-0.3, -0.25) is 4.79 Å². The van der Waals surface area contributed by atoms with Crippen molar-refractivity contribution in [2.24, 2.45) is 11.8 Å². The van der Waals surface area contributed by atoms with E-state index in [2.05, 4.69) is 28.5 Å². The molecule has 3 unspecified atom stereocenters. The fraction of sp³-hybridized carbons (Fsp3) is 0.667. The van der Waals surface area contributed by atoms with Crippen LogP contribution in [0.4, 0.5) is 0 Å². The number of terminal acetylenes is 1. The molecule has 11 heavy (non-hydrogen) atoms. The van der Waals surface area contributed by atoms with Gasteiger partial charge in [0.2, 0.25) is 0 Å². The lowest BCUT2D eigenvalue weighted by molar-refractivity contribution is -0.130. The second kappa shape index (κ2) is 2.78. The Morgan fingerprint density at radius 1 is 1.91 bits per heavy atom. The minimum absolute atomic E-state index is 0.191. The van der Waals surface area contributed by atoms with Gasteiger partial charge in [-0.05, 0) is 6.92 Å². The number of ketones is 1. The highest BCUT2D eigenvalue weighted by atomic mass is 127. The molecular weight excluding hydrogens is 251 g/mol. The van der Waals surface area contributed by atoms with Crippen molar-refractivity contribution in [1.29, 1.82) is 0 Å². The summed E-state index contributed by atoms with van der Waals surface area (Å²) in [6.45, 7) is 3.98. The predicted octanol–water partition coefficient (Wildman–Crippen LogP) is 2.04. The molecule has 2 heteroatoms. The van der Waals surface area contributed by atoms with Crippen molar-refractivity contribution in [2.75, 3.05) is 0 Å². The van der Waals surface area contributed by atoms with Crippen molar-refractivity contribution in [2.45, 2.75) is 23.7 Å². The van der Waals surface area contributed by atoms with Crippen LogP contribution in [0.15, 0.2) is 0 Å². The van der Waals surface area contributed by atoms with Crippen molar-refractivity contribution >= 4 is 28.4 Å². The molecule has 0 aliphatic heterocycles. The van der Waals surface area contributed by atoms with Crippen molar-refractivity contribution in [1.82, 2.24) is 0 Å². The highest BCUT2D eigenvalue weighted by molar-refractivity contribution is 14.1. The summed E-state index contributed by atoms with van der Waals surface area (Å²) in [5.74, 6) is 3.64. The summed E-state index contributed by atoms with van der Waals surface area (Å²) >= 11 is 2.21. The first-order chi connectivity index (χ1) is 5.00. The summed E-state index contributed by atoms with van der Waals surface area (Å²) in [6, 6.07) is 0. The highest BCUT2D eigenvalue weighted by Gasteiger charge is 2.50. The van der Waals surface area contributed by atoms with Gasteiger partial charge in [-0.25, -0.2) is 0 Å². The number of hydrogen-bond donors (Lipinski definition) is 0. The van der Waals surface area contributed by atoms with Gasteiger partial charge < -0.3 is 0 Å². The Bertz CT molecular complexity index is 224. The van der Waals surface area contributed by atoms with Crippen molar-refractivity contribution in [3.05, 3.63) is 0 Å². The van der Waals surface area contributed by atoms with Gasteiger partial charge in [-0.15, -0.1) is 12.3 Å². The van der Waals surface area contributed by atoms with E-state index >= 15 is 0 Å². The van der Waals surface area contributed by atoms with Crippen LogP contribution in [0.25, 0.3) is 0 Å². The lowest BCUT2D eigenvalue weighted by Crippen LogP contribution is -2.51. The third-order valence-electron chi connectivity index (χ3n) is 2.51. The van der Waals surface area contributed by atoms with Crippen LogP contribution in [-0.2, 0) is 4.79 Å². The maximum atomic E-state index is 11.1. The van der Waals surface area contributed by atoms with Gasteiger partial charge in [-0.2, -0.15) is 0 Å². The van der Waals surface area contributed by atoms with Crippen LogP contribution >= 0.6 is 22.6 Å². The normalized spacial score (nSPS) is 39.1. The van der Waals surface area contributed by atoms with E-state index in [0.717, 1.165) is 0 Å². The number of hydrogen-bond acceptors (Lipinski definition) is 1. The van der Waals surface area contributed by atoms with E-state index in [0.29, 0.717) is 18.1 Å². The zero-order valence-corrected chi connectivity index (χ0v) is 8.88. The summed E-state index contributed by atoms with van der Waals surface area (Å²) in [6.07, 6.45) is 5.96. The molecule has 0 spiro atoms. The van der Waals surface area contributed by atoms with E-state index in [4.69, 9.17) is 6.42 Å². The molecule has 0 bridgehead atoms. The smallest absolute Gasteiger partial charge is 0.149 e. The molecule has 0 amide bonds. The maximum Gasteiger partial charge on any atom is 0.149 e. The molecular formula is C9H11IO. The Hall–Kier alpha value is -0.0400. The molecule has 1 aliphatic rings. The summed E-state index contributed by atoms with van der Waals surface area (Å²) in [5, 5.41) is 0. The fourth-order valence-electron chi connectivity index (χ4n) is 1.43. The van der Waals surface area contributed by atoms with E-state index in [9.17, 15) is 4.79 Å². The molecule has 3 atom stereocenters. The van der Waals surface area contributed by atoms with Gasteiger partial charge in [0.15, 0.2) is 0 Å². The summed E-state index contributed by atoms with van der Waals surface area (Å²) in [7, 11) is 0. The molecule has 0 aromatic carbocycles. The van der Waals surface area contributed by atoms with Crippen LogP contribution < -0.4 is 0 Å². The SMILES string of the molecule is C#CC(C)C1CC(=O)C1(C)I. The monoisotopic (exact) mass is 262 g/mol. The number of carbonyl (C=O) groups is 1. The molecule has 0 aromatic heterocycles. The zero-order valence-electron chi connectivity index (χ0n) is 6.73. The van der Waals surface area contributed by atoms with Gasteiger partial charge in [0.25, 0.3) is 0 Å². The molecule has 0 heterocycles. The van der Waals surface area contributed by atoms with Gasteiger partial charge in [0.1, 0.15) is 5.78 Å². The van der Waals surface area contributed by atoms with Crippen molar-refractivity contribution in [3.63, 3.8) is 0 Å². The minimum Gasteiger partial charge on any atom is -0.298 e. The maximum absolute atomic E-state index is 11.1. The molecule has 60 valence electrons. The minimum atomic E-state index is -0.191. The third kappa shape index (κ3) is 1.31. The third-order valence-corrected chi connectivity index (χ3v) is 3.91. The Morgan fingerprint density at radius 2 is 2.45 bits per heavy atom. The Labute approximate surface area is 81.1 Å². The van der Waals surface area contributed by atoms with Crippen LogP contribution in [-0.4, -0.2) is 9.20 Å². The largest absolute Gasteiger partial charge is 0.298 e. The molecule has 0 radical (unpaired) electrons. The summed E-state index contributed by atoms with van der Waals surface area (Å²) < 4.78 is -0.191. The molecule has 0 saturated heterocycles. The van der Waals surface area contributed by atoms with Crippen LogP contribution in [0.5, 0.6) is 0 Å². The topological polar surface area (TPSA) is 17.1 Å². The quantitative estimate of drug-likeness (QED) is 0.401. The molecule has 1 fully saturated rings. The van der Waals surface area contributed by atoms with Crippen LogP contribution in [0.2, 0.25) is 0 Å². The number of halogens is 1. The number of carbonyl (C=O) groups excluding carboxylic acids is 1. The Balaban J connectivity index is 2.68. The number of rotatable bonds is 1. The summed E-state index contributed by atoms with van der Waals surface area (Å²) in [5.41, 5.74) is 0. The summed E-state index contributed by atoms with van der Waals surface area (Å²) in [4.78, 5) is 11.1. The van der Waals surface area contributed by atoms with E-state index in [1.165, 1.54) is 0 Å². The molecule has 1 saturated carbocycles. The molecule has 1 aliphatic carbocycles. The molecule has 1 rings (SSSR count). The van der Waals surface area contributed by atoms with Crippen LogP contribution in [0.1, 0.15) is 20.3 Å². The fourth-order valence-corrected chi connectivity index (χ4v) is 2.41. The Kier molecular flexibility index (Phi) is 2.29. The van der Waals surface area contributed by atoms with E-state index in [1.807, 2.05) is 13.8 Å². The lowest BCUT2D eigenvalue weighted by atomic mass is 9.67. The van der Waals surface area contributed by atoms with Gasteiger partial charge in [-0.1, -0.05) is 29.5 Å². The van der Waals surface area contributed by atoms with Crippen molar-refractivity contribution < 1.29 is 4.79 Å².